The number of nitro groups is 1. The molecule has 1 amide bonds. The summed E-state index contributed by atoms with van der Waals surface area (Å²) in [4.78, 5) is 34.2. The standard InChI is InChI=1S/C17H14F2N2O7/c1-26-13-7-6-10(21(24)25)8-11(13)16(23)27-9-15(22)20-12-4-2-3-5-14(12)28-17(18)19/h2-8,17H,9H2,1H3,(H,20,22). The van der Waals surface area contributed by atoms with Crippen LogP contribution >= 0.6 is 0 Å². The Kier molecular flexibility index (Phi) is 6.79. The molecule has 2 aromatic rings. The maximum atomic E-state index is 12.4. The van der Waals surface area contributed by atoms with Gasteiger partial charge in [0.1, 0.15) is 17.1 Å². The maximum absolute atomic E-state index is 12.4. The van der Waals surface area contributed by atoms with Crippen molar-refractivity contribution >= 4 is 23.3 Å². The molecule has 0 bridgehead atoms. The number of hydrogen-bond donors (Lipinski definition) is 1. The predicted molar refractivity (Wildman–Crippen MR) is 91.6 cm³/mol. The lowest BCUT2D eigenvalue weighted by Gasteiger charge is -2.12. The number of benzene rings is 2. The van der Waals surface area contributed by atoms with Crippen molar-refractivity contribution in [3.8, 4) is 11.5 Å². The molecule has 148 valence electrons. The van der Waals surface area contributed by atoms with Crippen LogP contribution in [0.1, 0.15) is 10.4 Å². The van der Waals surface area contributed by atoms with Crippen molar-refractivity contribution in [2.45, 2.75) is 6.61 Å². The monoisotopic (exact) mass is 396 g/mol. The number of anilines is 1. The van der Waals surface area contributed by atoms with E-state index in [1.165, 1.54) is 37.4 Å². The van der Waals surface area contributed by atoms with Crippen LogP contribution in [0, 0.1) is 10.1 Å². The Bertz CT molecular complexity index is 890. The molecular formula is C17H14F2N2O7. The van der Waals surface area contributed by atoms with E-state index >= 15 is 0 Å². The van der Waals surface area contributed by atoms with Crippen LogP contribution in [0.25, 0.3) is 0 Å². The third kappa shape index (κ3) is 5.37. The minimum Gasteiger partial charge on any atom is -0.496 e. The maximum Gasteiger partial charge on any atom is 0.387 e. The van der Waals surface area contributed by atoms with Gasteiger partial charge in [-0.05, 0) is 18.2 Å². The van der Waals surface area contributed by atoms with Gasteiger partial charge in [0.25, 0.3) is 11.6 Å². The molecule has 0 unspecified atom stereocenters. The molecule has 0 saturated carbocycles. The summed E-state index contributed by atoms with van der Waals surface area (Å²) in [5.41, 5.74) is -0.655. The number of halogens is 2. The van der Waals surface area contributed by atoms with E-state index in [9.17, 15) is 28.5 Å². The van der Waals surface area contributed by atoms with Crippen molar-refractivity contribution in [2.75, 3.05) is 19.0 Å². The lowest BCUT2D eigenvalue weighted by molar-refractivity contribution is -0.384. The summed E-state index contributed by atoms with van der Waals surface area (Å²) in [7, 11) is 1.25. The van der Waals surface area contributed by atoms with Crippen molar-refractivity contribution in [1.82, 2.24) is 0 Å². The van der Waals surface area contributed by atoms with E-state index in [0.717, 1.165) is 12.1 Å². The number of alkyl halides is 2. The van der Waals surface area contributed by atoms with Gasteiger partial charge in [-0.3, -0.25) is 14.9 Å². The number of nitrogens with one attached hydrogen (secondary N) is 1. The first kappa shape index (κ1) is 20.6. The second kappa shape index (κ2) is 9.26. The molecule has 11 heteroatoms. The van der Waals surface area contributed by atoms with Crippen LogP contribution in [0.5, 0.6) is 11.5 Å². The number of carbonyl (C=O) groups is 2. The first-order valence-electron chi connectivity index (χ1n) is 7.65. The van der Waals surface area contributed by atoms with Crippen molar-refractivity contribution < 1.29 is 37.5 Å². The number of nitrogens with zero attached hydrogens (tertiary/aromatic N) is 1. The van der Waals surface area contributed by atoms with Crippen LogP contribution < -0.4 is 14.8 Å². The molecule has 2 aromatic carbocycles. The number of methoxy groups -OCH3 is 1. The number of non-ortho nitro benzene ring substituents is 1. The number of amides is 1. The molecule has 0 radical (unpaired) electrons. The molecule has 0 heterocycles. The SMILES string of the molecule is COc1ccc([N+](=O)[O-])cc1C(=O)OCC(=O)Nc1ccccc1OC(F)F. The van der Waals surface area contributed by atoms with Crippen LogP contribution in [-0.2, 0) is 9.53 Å². The summed E-state index contributed by atoms with van der Waals surface area (Å²) in [5, 5.41) is 13.1. The number of esters is 1. The average Bonchev–Trinajstić information content (AvgIpc) is 2.66. The zero-order chi connectivity index (χ0) is 20.7. The molecule has 0 aromatic heterocycles. The Balaban J connectivity index is 2.05. The smallest absolute Gasteiger partial charge is 0.387 e. The molecule has 28 heavy (non-hydrogen) atoms. The zero-order valence-corrected chi connectivity index (χ0v) is 14.4. The number of para-hydroxylation sites is 2. The molecule has 0 aliphatic carbocycles. The van der Waals surface area contributed by atoms with Gasteiger partial charge in [0.05, 0.1) is 17.7 Å². The lowest BCUT2D eigenvalue weighted by Crippen LogP contribution is -2.21. The highest BCUT2D eigenvalue weighted by Gasteiger charge is 2.20. The Morgan fingerprint density at radius 2 is 1.89 bits per heavy atom. The molecule has 0 atom stereocenters. The Morgan fingerprint density at radius 3 is 2.54 bits per heavy atom. The minimum atomic E-state index is -3.09. The van der Waals surface area contributed by atoms with Gasteiger partial charge in [-0.15, -0.1) is 0 Å². The zero-order valence-electron chi connectivity index (χ0n) is 14.4. The van der Waals surface area contributed by atoms with Crippen molar-refractivity contribution in [3.05, 3.63) is 58.1 Å². The topological polar surface area (TPSA) is 117 Å². The Labute approximate surface area is 157 Å². The van der Waals surface area contributed by atoms with Crippen LogP contribution in [-0.4, -0.2) is 37.1 Å². The van der Waals surface area contributed by atoms with Crippen LogP contribution in [0.4, 0.5) is 20.2 Å². The van der Waals surface area contributed by atoms with E-state index in [1.807, 2.05) is 0 Å². The Hall–Kier alpha value is -3.76. The van der Waals surface area contributed by atoms with Gasteiger partial charge < -0.3 is 19.5 Å². The van der Waals surface area contributed by atoms with Crippen molar-refractivity contribution in [3.63, 3.8) is 0 Å². The van der Waals surface area contributed by atoms with Gasteiger partial charge in [0.2, 0.25) is 0 Å². The number of rotatable bonds is 8. The third-order valence-electron chi connectivity index (χ3n) is 3.33. The highest BCUT2D eigenvalue weighted by atomic mass is 19.3. The van der Waals surface area contributed by atoms with Crippen LogP contribution in [0.3, 0.4) is 0 Å². The quantitative estimate of drug-likeness (QED) is 0.414. The molecule has 0 aliphatic heterocycles. The van der Waals surface area contributed by atoms with E-state index in [-0.39, 0.29) is 28.4 Å². The molecule has 0 spiro atoms. The second-order valence-corrected chi connectivity index (χ2v) is 5.14. The minimum absolute atomic E-state index is 0.0201. The molecule has 2 rings (SSSR count). The first-order valence-corrected chi connectivity index (χ1v) is 7.65. The molecule has 0 saturated heterocycles. The van der Waals surface area contributed by atoms with Gasteiger partial charge in [-0.2, -0.15) is 8.78 Å². The fourth-order valence-corrected chi connectivity index (χ4v) is 2.13. The van der Waals surface area contributed by atoms with Crippen LogP contribution in [0.2, 0.25) is 0 Å². The number of carbonyl (C=O) groups excluding carboxylic acids is 2. The van der Waals surface area contributed by atoms with E-state index in [4.69, 9.17) is 9.47 Å². The summed E-state index contributed by atoms with van der Waals surface area (Å²) < 4.78 is 38.8. The molecule has 0 fully saturated rings. The highest BCUT2D eigenvalue weighted by Crippen LogP contribution is 2.26. The van der Waals surface area contributed by atoms with Gasteiger partial charge in [-0.1, -0.05) is 12.1 Å². The largest absolute Gasteiger partial charge is 0.496 e. The summed E-state index contributed by atoms with van der Waals surface area (Å²) in [6, 6.07) is 8.76. The molecular weight excluding hydrogens is 382 g/mol. The molecule has 1 N–H and O–H groups in total. The van der Waals surface area contributed by atoms with E-state index in [0.29, 0.717) is 0 Å². The fraction of sp³-hybridized carbons (Fsp3) is 0.176. The Morgan fingerprint density at radius 1 is 1.18 bits per heavy atom. The van der Waals surface area contributed by atoms with Gasteiger partial charge in [0, 0.05) is 12.1 Å². The molecule has 0 aliphatic rings. The van der Waals surface area contributed by atoms with Gasteiger partial charge >= 0.3 is 12.6 Å². The lowest BCUT2D eigenvalue weighted by atomic mass is 10.2. The summed E-state index contributed by atoms with van der Waals surface area (Å²) in [6.45, 7) is -3.86. The summed E-state index contributed by atoms with van der Waals surface area (Å²) in [5.74, 6) is -2.11. The fourth-order valence-electron chi connectivity index (χ4n) is 2.13. The van der Waals surface area contributed by atoms with E-state index in [2.05, 4.69) is 10.1 Å². The summed E-state index contributed by atoms with van der Waals surface area (Å²) in [6.07, 6.45) is 0. The van der Waals surface area contributed by atoms with Crippen molar-refractivity contribution in [1.29, 1.82) is 0 Å². The second-order valence-electron chi connectivity index (χ2n) is 5.14. The third-order valence-corrected chi connectivity index (χ3v) is 3.33. The van der Waals surface area contributed by atoms with E-state index in [1.54, 1.807) is 0 Å². The number of ether oxygens (including phenoxy) is 3. The van der Waals surface area contributed by atoms with Gasteiger partial charge in [0.15, 0.2) is 6.61 Å². The first-order chi connectivity index (χ1) is 13.3. The predicted octanol–water partition coefficient (Wildman–Crippen LogP) is 3.00. The average molecular weight is 396 g/mol. The van der Waals surface area contributed by atoms with Crippen LogP contribution in [0.15, 0.2) is 42.5 Å². The number of hydrogen-bond acceptors (Lipinski definition) is 7. The van der Waals surface area contributed by atoms with Crippen molar-refractivity contribution in [2.24, 2.45) is 0 Å². The van der Waals surface area contributed by atoms with E-state index < -0.39 is 30.0 Å². The highest BCUT2D eigenvalue weighted by molar-refractivity contribution is 5.97. The number of nitro benzene ring substituents is 1. The van der Waals surface area contributed by atoms with Gasteiger partial charge in [-0.25, -0.2) is 4.79 Å². The summed E-state index contributed by atoms with van der Waals surface area (Å²) >= 11 is 0. The molecule has 9 nitrogen and oxygen atoms in total. The normalized spacial score (nSPS) is 10.3.